The third kappa shape index (κ3) is 15.5. The van der Waals surface area contributed by atoms with Gasteiger partial charge in [-0.2, -0.15) is 0 Å². The van der Waals surface area contributed by atoms with Crippen LogP contribution in [0, 0.1) is 0 Å². The molecule has 0 atom stereocenters. The topological polar surface area (TPSA) is 61.8 Å². The van der Waals surface area contributed by atoms with Crippen LogP contribution in [0.5, 0.6) is 17.2 Å². The Morgan fingerprint density at radius 2 is 1.03 bits per heavy atom. The van der Waals surface area contributed by atoms with Crippen LogP contribution < -0.4 is 14.2 Å². The van der Waals surface area contributed by atoms with Crippen LogP contribution >= 0.6 is 0 Å². The lowest BCUT2D eigenvalue weighted by Crippen LogP contribution is -2.13. The van der Waals surface area contributed by atoms with Crippen LogP contribution in [0.25, 0.3) is 0 Å². The van der Waals surface area contributed by atoms with Crippen molar-refractivity contribution < 1.29 is 23.8 Å². The summed E-state index contributed by atoms with van der Waals surface area (Å²) in [6.07, 6.45) is 18.5. The summed E-state index contributed by atoms with van der Waals surface area (Å²) in [5, 5.41) is 0. The Bertz CT molecular complexity index is 685. The number of benzene rings is 1. The Morgan fingerprint density at radius 3 is 1.57 bits per heavy atom. The van der Waals surface area contributed by atoms with Gasteiger partial charge in [-0.15, -0.1) is 0 Å². The van der Waals surface area contributed by atoms with Gasteiger partial charge < -0.3 is 14.2 Å². The smallest absolute Gasteiger partial charge is 0.311 e. The SMILES string of the molecule is CCCCCCCCCC(=O)Oc1cccc(OCCCC)c1OC(=O)CCCCCCCCC. The van der Waals surface area contributed by atoms with Crippen LogP contribution in [-0.4, -0.2) is 18.5 Å². The zero-order valence-electron chi connectivity index (χ0n) is 22.7. The van der Waals surface area contributed by atoms with E-state index in [9.17, 15) is 9.59 Å². The van der Waals surface area contributed by atoms with E-state index in [1.54, 1.807) is 18.2 Å². The minimum Gasteiger partial charge on any atom is -0.490 e. The molecular formula is C30H50O5. The van der Waals surface area contributed by atoms with Gasteiger partial charge in [0.2, 0.25) is 5.75 Å². The van der Waals surface area contributed by atoms with E-state index in [1.165, 1.54) is 51.4 Å². The highest BCUT2D eigenvalue weighted by atomic mass is 16.6. The average molecular weight is 491 g/mol. The van der Waals surface area contributed by atoms with Crippen LogP contribution in [0.3, 0.4) is 0 Å². The van der Waals surface area contributed by atoms with Crippen molar-refractivity contribution in [3.05, 3.63) is 18.2 Å². The summed E-state index contributed by atoms with van der Waals surface area (Å²) in [7, 11) is 0. The molecular weight excluding hydrogens is 440 g/mol. The highest BCUT2D eigenvalue weighted by Crippen LogP contribution is 2.38. The maximum absolute atomic E-state index is 12.6. The van der Waals surface area contributed by atoms with Crippen LogP contribution in [0.4, 0.5) is 0 Å². The summed E-state index contributed by atoms with van der Waals surface area (Å²) < 4.78 is 17.2. The number of hydrogen-bond donors (Lipinski definition) is 0. The Kier molecular flexibility index (Phi) is 18.8. The molecule has 0 aromatic heterocycles. The normalized spacial score (nSPS) is 10.8. The van der Waals surface area contributed by atoms with E-state index >= 15 is 0 Å². The third-order valence-electron chi connectivity index (χ3n) is 6.11. The van der Waals surface area contributed by atoms with E-state index < -0.39 is 0 Å². The first-order chi connectivity index (χ1) is 17.1. The second-order valence-electron chi connectivity index (χ2n) is 9.48. The summed E-state index contributed by atoms with van der Waals surface area (Å²) >= 11 is 0. The zero-order valence-corrected chi connectivity index (χ0v) is 22.7. The minimum atomic E-state index is -0.311. The molecule has 200 valence electrons. The number of rotatable bonds is 22. The summed E-state index contributed by atoms with van der Waals surface area (Å²) in [6.45, 7) is 7.03. The van der Waals surface area contributed by atoms with Gasteiger partial charge in [0.15, 0.2) is 11.5 Å². The summed E-state index contributed by atoms with van der Waals surface area (Å²) in [4.78, 5) is 25.0. The molecule has 5 nitrogen and oxygen atoms in total. The van der Waals surface area contributed by atoms with Gasteiger partial charge in [-0.3, -0.25) is 9.59 Å². The lowest BCUT2D eigenvalue weighted by atomic mass is 10.1. The molecule has 5 heteroatoms. The minimum absolute atomic E-state index is 0.226. The van der Waals surface area contributed by atoms with Crippen LogP contribution in [0.1, 0.15) is 136 Å². The van der Waals surface area contributed by atoms with Crippen LogP contribution in [0.2, 0.25) is 0 Å². The van der Waals surface area contributed by atoms with E-state index in [4.69, 9.17) is 14.2 Å². The molecule has 0 aliphatic rings. The van der Waals surface area contributed by atoms with E-state index in [0.717, 1.165) is 51.4 Å². The monoisotopic (exact) mass is 490 g/mol. The van der Waals surface area contributed by atoms with Crippen molar-refractivity contribution in [3.8, 4) is 17.2 Å². The molecule has 0 N–H and O–H groups in total. The summed E-state index contributed by atoms with van der Waals surface area (Å²) in [5.74, 6) is 0.333. The lowest BCUT2D eigenvalue weighted by Gasteiger charge is -2.15. The number of para-hydroxylation sites is 1. The average Bonchev–Trinajstić information content (AvgIpc) is 2.85. The number of esters is 2. The number of carbonyl (C=O) groups is 2. The number of ether oxygens (including phenoxy) is 3. The molecule has 0 bridgehead atoms. The molecule has 0 amide bonds. The van der Waals surface area contributed by atoms with Crippen molar-refractivity contribution in [2.45, 2.75) is 136 Å². The molecule has 0 radical (unpaired) electrons. The first-order valence-corrected chi connectivity index (χ1v) is 14.3. The van der Waals surface area contributed by atoms with Crippen molar-refractivity contribution in [2.75, 3.05) is 6.61 Å². The molecule has 1 rings (SSSR count). The fourth-order valence-electron chi connectivity index (χ4n) is 3.91. The molecule has 1 aromatic carbocycles. The summed E-state index contributed by atoms with van der Waals surface area (Å²) in [5.41, 5.74) is 0. The fourth-order valence-corrected chi connectivity index (χ4v) is 3.91. The van der Waals surface area contributed by atoms with Gasteiger partial charge in [0.25, 0.3) is 0 Å². The van der Waals surface area contributed by atoms with Crippen LogP contribution in [0.15, 0.2) is 18.2 Å². The molecule has 0 aliphatic heterocycles. The molecule has 1 aromatic rings. The van der Waals surface area contributed by atoms with E-state index in [-0.39, 0.29) is 23.4 Å². The summed E-state index contributed by atoms with van der Waals surface area (Å²) in [6, 6.07) is 5.20. The second-order valence-corrected chi connectivity index (χ2v) is 9.48. The Morgan fingerprint density at radius 1 is 0.571 bits per heavy atom. The third-order valence-corrected chi connectivity index (χ3v) is 6.11. The van der Waals surface area contributed by atoms with Gasteiger partial charge in [0.05, 0.1) is 6.61 Å². The Hall–Kier alpha value is -2.04. The molecule has 0 saturated heterocycles. The van der Waals surface area contributed by atoms with E-state index in [1.807, 2.05) is 0 Å². The van der Waals surface area contributed by atoms with E-state index in [2.05, 4.69) is 20.8 Å². The first kappa shape index (κ1) is 31.0. The van der Waals surface area contributed by atoms with Crippen molar-refractivity contribution in [2.24, 2.45) is 0 Å². The molecule has 0 fully saturated rings. The quantitative estimate of drug-likeness (QED) is 0.0922. The molecule has 0 spiro atoms. The molecule has 0 unspecified atom stereocenters. The second kappa shape index (κ2) is 21.3. The predicted molar refractivity (Wildman–Crippen MR) is 143 cm³/mol. The van der Waals surface area contributed by atoms with Gasteiger partial charge in [-0.05, 0) is 31.4 Å². The first-order valence-electron chi connectivity index (χ1n) is 14.3. The van der Waals surface area contributed by atoms with Crippen LogP contribution in [-0.2, 0) is 9.59 Å². The molecule has 35 heavy (non-hydrogen) atoms. The largest absolute Gasteiger partial charge is 0.490 e. The van der Waals surface area contributed by atoms with Crippen molar-refractivity contribution in [3.63, 3.8) is 0 Å². The van der Waals surface area contributed by atoms with Crippen molar-refractivity contribution in [1.29, 1.82) is 0 Å². The van der Waals surface area contributed by atoms with Crippen molar-refractivity contribution in [1.82, 2.24) is 0 Å². The highest BCUT2D eigenvalue weighted by molar-refractivity contribution is 5.77. The highest BCUT2D eigenvalue weighted by Gasteiger charge is 2.19. The van der Waals surface area contributed by atoms with Crippen molar-refractivity contribution >= 4 is 11.9 Å². The Balaban J connectivity index is 2.61. The Labute approximate surface area is 214 Å². The number of carbonyl (C=O) groups excluding carboxylic acids is 2. The molecule has 0 aliphatic carbocycles. The van der Waals surface area contributed by atoms with E-state index in [0.29, 0.717) is 25.2 Å². The van der Waals surface area contributed by atoms with Gasteiger partial charge in [-0.25, -0.2) is 0 Å². The molecule has 0 saturated carbocycles. The standard InChI is InChI=1S/C30H50O5/c1-4-7-10-12-14-16-18-23-28(31)34-27-22-20-21-26(33-25-9-6-3)30(27)35-29(32)24-19-17-15-13-11-8-5-2/h20-22H,4-19,23-25H2,1-3H3. The molecule has 0 heterocycles. The van der Waals surface area contributed by atoms with Gasteiger partial charge >= 0.3 is 11.9 Å². The maximum Gasteiger partial charge on any atom is 0.311 e. The zero-order chi connectivity index (χ0) is 25.6. The van der Waals surface area contributed by atoms with Gasteiger partial charge in [-0.1, -0.05) is 110 Å². The van der Waals surface area contributed by atoms with Gasteiger partial charge in [0, 0.05) is 12.8 Å². The maximum atomic E-state index is 12.6. The van der Waals surface area contributed by atoms with Gasteiger partial charge in [0.1, 0.15) is 0 Å². The fraction of sp³-hybridized carbons (Fsp3) is 0.733. The predicted octanol–water partition coefficient (Wildman–Crippen LogP) is 8.96. The number of unbranched alkanes of at least 4 members (excludes halogenated alkanes) is 13. The number of hydrogen-bond acceptors (Lipinski definition) is 5. The lowest BCUT2D eigenvalue weighted by molar-refractivity contribution is -0.137.